The topological polar surface area (TPSA) is 20.3 Å². The summed E-state index contributed by atoms with van der Waals surface area (Å²) in [5, 5.41) is 0. The molecule has 2 aliphatic rings. The number of amides is 1. The molecule has 2 aliphatic heterocycles. The number of carbonyl (C=O) groups is 1. The molecular formula is C11H11NOSe. The van der Waals surface area contributed by atoms with Gasteiger partial charge in [0.15, 0.2) is 0 Å². The van der Waals surface area contributed by atoms with E-state index < -0.39 is 0 Å². The predicted molar refractivity (Wildman–Crippen MR) is 56.9 cm³/mol. The van der Waals surface area contributed by atoms with Gasteiger partial charge >= 0.3 is 89.2 Å². The monoisotopic (exact) mass is 253 g/mol. The number of para-hydroxylation sites is 1. The average molecular weight is 252 g/mol. The van der Waals surface area contributed by atoms with Crippen LogP contribution in [0.1, 0.15) is 13.8 Å². The van der Waals surface area contributed by atoms with Crippen LogP contribution in [0.4, 0.5) is 5.69 Å². The van der Waals surface area contributed by atoms with Crippen molar-refractivity contribution in [3.63, 3.8) is 0 Å². The molecule has 1 unspecified atom stereocenters. The van der Waals surface area contributed by atoms with E-state index in [1.807, 2.05) is 11.0 Å². The van der Waals surface area contributed by atoms with Gasteiger partial charge in [-0.1, -0.05) is 0 Å². The van der Waals surface area contributed by atoms with Crippen LogP contribution in [-0.4, -0.2) is 25.8 Å². The fourth-order valence-electron chi connectivity index (χ4n) is 2.09. The van der Waals surface area contributed by atoms with Gasteiger partial charge in [0.05, 0.1) is 0 Å². The zero-order valence-corrected chi connectivity index (χ0v) is 9.86. The van der Waals surface area contributed by atoms with Gasteiger partial charge in [0, 0.05) is 0 Å². The van der Waals surface area contributed by atoms with Crippen LogP contribution in [0.3, 0.4) is 0 Å². The number of carbonyl (C=O) groups excluding carboxylic acids is 1. The first-order valence-corrected chi connectivity index (χ1v) is 6.56. The molecule has 2 heterocycles. The van der Waals surface area contributed by atoms with Gasteiger partial charge in [0.1, 0.15) is 0 Å². The third kappa shape index (κ3) is 0.800. The van der Waals surface area contributed by atoms with E-state index in [0.717, 1.165) is 5.69 Å². The number of fused-ring (bicyclic) bond motifs is 3. The van der Waals surface area contributed by atoms with E-state index in [1.54, 1.807) is 0 Å². The zero-order valence-electron chi connectivity index (χ0n) is 8.15. The van der Waals surface area contributed by atoms with E-state index in [2.05, 4.69) is 32.0 Å². The summed E-state index contributed by atoms with van der Waals surface area (Å²) in [5.41, 5.74) is 1.03. The molecule has 1 amide bonds. The second kappa shape index (κ2) is 2.41. The Kier molecular flexibility index (Phi) is 1.47. The maximum absolute atomic E-state index is 11.9. The first-order valence-electron chi connectivity index (χ1n) is 4.72. The SMILES string of the molecule is CC1(C)C(=O)N2c3ccccc3[Se]C21. The number of anilines is 1. The summed E-state index contributed by atoms with van der Waals surface area (Å²) in [6, 6.07) is 8.28. The summed E-state index contributed by atoms with van der Waals surface area (Å²) < 4.78 is 1.38. The molecule has 0 bridgehead atoms. The fraction of sp³-hybridized carbons (Fsp3) is 0.364. The van der Waals surface area contributed by atoms with E-state index in [-0.39, 0.29) is 11.3 Å². The molecule has 0 spiro atoms. The number of β-lactam (4-membered cyclic amide) rings is 1. The summed E-state index contributed by atoms with van der Waals surface area (Å²) in [6.45, 7) is 4.12. The Labute approximate surface area is 89.4 Å². The van der Waals surface area contributed by atoms with E-state index in [0.29, 0.717) is 19.9 Å². The summed E-state index contributed by atoms with van der Waals surface area (Å²) in [7, 11) is 0. The standard InChI is InChI=1S/C11H11NOSe/c1-11(2)9(13)12-7-5-3-4-6-8(7)14-10(11)12/h3-6,10H,1-2H3. The fourth-order valence-corrected chi connectivity index (χ4v) is 5.02. The number of hydrogen-bond donors (Lipinski definition) is 0. The minimum atomic E-state index is -0.126. The second-order valence-electron chi connectivity index (χ2n) is 4.33. The Morgan fingerprint density at radius 3 is 2.86 bits per heavy atom. The maximum atomic E-state index is 11.9. The van der Waals surface area contributed by atoms with Gasteiger partial charge in [0.25, 0.3) is 0 Å². The van der Waals surface area contributed by atoms with Crippen molar-refractivity contribution in [1.29, 1.82) is 0 Å². The Balaban J connectivity index is 2.10. The molecule has 1 aromatic carbocycles. The molecule has 0 aromatic heterocycles. The van der Waals surface area contributed by atoms with E-state index in [4.69, 9.17) is 0 Å². The molecule has 0 saturated carbocycles. The summed E-state index contributed by atoms with van der Waals surface area (Å²) >= 11 is 0.438. The van der Waals surface area contributed by atoms with Crippen LogP contribution >= 0.6 is 0 Å². The number of benzene rings is 1. The van der Waals surface area contributed by atoms with E-state index in [9.17, 15) is 4.79 Å². The molecule has 2 nitrogen and oxygen atoms in total. The molecule has 0 radical (unpaired) electrons. The molecular weight excluding hydrogens is 241 g/mol. The molecule has 3 rings (SSSR count). The third-order valence-electron chi connectivity index (χ3n) is 2.99. The second-order valence-corrected chi connectivity index (χ2v) is 6.69. The van der Waals surface area contributed by atoms with Crippen LogP contribution in [0.2, 0.25) is 0 Å². The Morgan fingerprint density at radius 2 is 2.07 bits per heavy atom. The normalized spacial score (nSPS) is 26.9. The van der Waals surface area contributed by atoms with Gasteiger partial charge in [-0.05, 0) is 0 Å². The van der Waals surface area contributed by atoms with Gasteiger partial charge in [-0.2, -0.15) is 0 Å². The van der Waals surface area contributed by atoms with Gasteiger partial charge in [-0.25, -0.2) is 0 Å². The van der Waals surface area contributed by atoms with Gasteiger partial charge in [0.2, 0.25) is 0 Å². The van der Waals surface area contributed by atoms with Crippen LogP contribution < -0.4 is 9.36 Å². The Bertz CT molecular complexity index is 427. The van der Waals surface area contributed by atoms with Crippen molar-refractivity contribution in [2.45, 2.75) is 18.8 Å². The molecule has 1 fully saturated rings. The van der Waals surface area contributed by atoms with Crippen molar-refractivity contribution in [3.8, 4) is 0 Å². The van der Waals surface area contributed by atoms with E-state index in [1.165, 1.54) is 4.46 Å². The van der Waals surface area contributed by atoms with Crippen molar-refractivity contribution < 1.29 is 4.79 Å². The van der Waals surface area contributed by atoms with Crippen molar-refractivity contribution >= 4 is 31.0 Å². The quantitative estimate of drug-likeness (QED) is 0.492. The predicted octanol–water partition coefficient (Wildman–Crippen LogP) is 0.729. The average Bonchev–Trinajstić information content (AvgIpc) is 2.54. The van der Waals surface area contributed by atoms with Crippen molar-refractivity contribution in [2.24, 2.45) is 5.41 Å². The van der Waals surface area contributed by atoms with Gasteiger partial charge in [-0.15, -0.1) is 0 Å². The molecule has 1 aromatic rings. The van der Waals surface area contributed by atoms with Crippen molar-refractivity contribution in [1.82, 2.24) is 0 Å². The van der Waals surface area contributed by atoms with Crippen molar-refractivity contribution in [2.75, 3.05) is 4.90 Å². The number of rotatable bonds is 0. The number of nitrogens with zero attached hydrogens (tertiary/aromatic N) is 1. The van der Waals surface area contributed by atoms with Crippen LogP contribution in [-0.2, 0) is 4.79 Å². The molecule has 14 heavy (non-hydrogen) atoms. The minimum absolute atomic E-state index is 0.126. The van der Waals surface area contributed by atoms with Crippen LogP contribution in [0.15, 0.2) is 24.3 Å². The van der Waals surface area contributed by atoms with Gasteiger partial charge in [-0.3, -0.25) is 0 Å². The molecule has 1 saturated heterocycles. The van der Waals surface area contributed by atoms with E-state index >= 15 is 0 Å². The zero-order chi connectivity index (χ0) is 9.92. The molecule has 0 N–H and O–H groups in total. The molecule has 3 heteroatoms. The number of hydrogen-bond acceptors (Lipinski definition) is 1. The summed E-state index contributed by atoms with van der Waals surface area (Å²) in [4.78, 5) is 14.3. The molecule has 0 aliphatic carbocycles. The van der Waals surface area contributed by atoms with Crippen LogP contribution in [0.5, 0.6) is 0 Å². The Hall–Kier alpha value is -0.791. The van der Waals surface area contributed by atoms with Crippen molar-refractivity contribution in [3.05, 3.63) is 24.3 Å². The Morgan fingerprint density at radius 1 is 1.36 bits per heavy atom. The van der Waals surface area contributed by atoms with Crippen LogP contribution in [0.25, 0.3) is 0 Å². The summed E-state index contributed by atoms with van der Waals surface area (Å²) in [5.74, 6) is 0.286. The first-order chi connectivity index (χ1) is 6.62. The molecule has 72 valence electrons. The molecule has 1 atom stereocenters. The van der Waals surface area contributed by atoms with Gasteiger partial charge < -0.3 is 0 Å². The third-order valence-corrected chi connectivity index (χ3v) is 6.39. The summed E-state index contributed by atoms with van der Waals surface area (Å²) in [6.07, 6.45) is 0. The first kappa shape index (κ1) is 8.51. The van der Waals surface area contributed by atoms with Crippen LogP contribution in [0, 0.1) is 5.41 Å².